The number of amides is 1. The minimum Gasteiger partial charge on any atom is -0.497 e. The zero-order valence-corrected chi connectivity index (χ0v) is 21.0. The molecule has 0 aliphatic carbocycles. The first kappa shape index (κ1) is 28.8. The van der Waals surface area contributed by atoms with Gasteiger partial charge in [0.25, 0.3) is 0 Å². The molecule has 5 nitrogen and oxygen atoms in total. The van der Waals surface area contributed by atoms with Crippen LogP contribution < -0.4 is 4.74 Å². The van der Waals surface area contributed by atoms with Crippen molar-refractivity contribution in [2.24, 2.45) is 0 Å². The van der Waals surface area contributed by atoms with Crippen molar-refractivity contribution >= 4 is 5.91 Å². The van der Waals surface area contributed by atoms with Gasteiger partial charge in [-0.05, 0) is 61.7 Å². The van der Waals surface area contributed by atoms with Gasteiger partial charge in [-0.1, -0.05) is 12.1 Å². The Morgan fingerprint density at radius 1 is 1.03 bits per heavy atom. The normalized spacial score (nSPS) is 19.9. The third-order valence-electron chi connectivity index (χ3n) is 6.22. The zero-order valence-electron chi connectivity index (χ0n) is 21.0. The van der Waals surface area contributed by atoms with Gasteiger partial charge in [-0.25, -0.2) is 0 Å². The van der Waals surface area contributed by atoms with E-state index in [0.29, 0.717) is 36.5 Å². The summed E-state index contributed by atoms with van der Waals surface area (Å²) in [7, 11) is 2.99. The third-order valence-corrected chi connectivity index (χ3v) is 6.22. The highest BCUT2D eigenvalue weighted by molar-refractivity contribution is 5.83. The number of hydrogen-bond donors (Lipinski definition) is 0. The predicted octanol–water partition coefficient (Wildman–Crippen LogP) is 5.58. The Hall–Kier alpha value is -2.79. The Morgan fingerprint density at radius 2 is 1.59 bits per heavy atom. The van der Waals surface area contributed by atoms with Crippen LogP contribution in [0.1, 0.15) is 42.1 Å². The van der Waals surface area contributed by atoms with Gasteiger partial charge in [-0.2, -0.15) is 26.3 Å². The lowest BCUT2D eigenvalue weighted by Crippen LogP contribution is -2.51. The predicted molar refractivity (Wildman–Crippen MR) is 125 cm³/mol. The van der Waals surface area contributed by atoms with Gasteiger partial charge < -0.3 is 14.4 Å². The molecule has 3 atom stereocenters. The quantitative estimate of drug-likeness (QED) is 0.437. The minimum atomic E-state index is -4.93. The standard InChI is InChI=1S/C26H30F6N2O3/c1-16-14-34(15-17(2)37-16)23(19-6-5-7-22(12-19)36-4)24(35)33(3)9-8-18-10-20(25(27,28)29)13-21(11-18)26(30,31)32/h5-7,10-13,16-17,23H,8-9,14-15H2,1-4H3/t16-,17+,23?. The number of ether oxygens (including phenoxy) is 2. The first-order chi connectivity index (χ1) is 17.2. The summed E-state index contributed by atoms with van der Waals surface area (Å²) in [5.41, 5.74) is -2.25. The average Bonchev–Trinajstić information content (AvgIpc) is 2.81. The van der Waals surface area contributed by atoms with Crippen LogP contribution in [0.3, 0.4) is 0 Å². The first-order valence-corrected chi connectivity index (χ1v) is 11.8. The lowest BCUT2D eigenvalue weighted by Gasteiger charge is -2.40. The van der Waals surface area contributed by atoms with Crippen LogP contribution in [-0.2, 0) is 28.3 Å². The van der Waals surface area contributed by atoms with E-state index in [0.717, 1.165) is 0 Å². The first-order valence-electron chi connectivity index (χ1n) is 11.8. The highest BCUT2D eigenvalue weighted by Crippen LogP contribution is 2.36. The second-order valence-corrected chi connectivity index (χ2v) is 9.31. The molecular weight excluding hydrogens is 502 g/mol. The summed E-state index contributed by atoms with van der Waals surface area (Å²) in [4.78, 5) is 17.0. The fraction of sp³-hybridized carbons (Fsp3) is 0.500. The number of carbonyl (C=O) groups excluding carboxylic acids is 1. The molecule has 1 unspecified atom stereocenters. The molecule has 0 aromatic heterocycles. The summed E-state index contributed by atoms with van der Waals surface area (Å²) in [6, 6.07) is 7.76. The van der Waals surface area contributed by atoms with Gasteiger partial charge in [-0.3, -0.25) is 9.69 Å². The van der Waals surface area contributed by atoms with Gasteiger partial charge in [-0.15, -0.1) is 0 Å². The summed E-state index contributed by atoms with van der Waals surface area (Å²) in [6.07, 6.45) is -10.3. The zero-order chi connectivity index (χ0) is 27.5. The van der Waals surface area contributed by atoms with E-state index in [2.05, 4.69) is 0 Å². The van der Waals surface area contributed by atoms with Crippen molar-refractivity contribution in [3.8, 4) is 5.75 Å². The molecule has 1 aliphatic rings. The number of nitrogens with zero attached hydrogens (tertiary/aromatic N) is 2. The van der Waals surface area contributed by atoms with Crippen LogP contribution in [-0.4, -0.2) is 61.7 Å². The van der Waals surface area contributed by atoms with Crippen molar-refractivity contribution in [1.82, 2.24) is 9.80 Å². The van der Waals surface area contributed by atoms with Crippen molar-refractivity contribution in [2.45, 2.75) is 50.9 Å². The molecule has 1 fully saturated rings. The van der Waals surface area contributed by atoms with E-state index in [1.54, 1.807) is 24.3 Å². The van der Waals surface area contributed by atoms with Crippen LogP contribution in [0.4, 0.5) is 26.3 Å². The molecule has 0 bridgehead atoms. The average molecular weight is 533 g/mol. The fourth-order valence-corrected chi connectivity index (χ4v) is 4.53. The van der Waals surface area contributed by atoms with E-state index in [9.17, 15) is 31.1 Å². The Balaban J connectivity index is 1.87. The number of hydrogen-bond acceptors (Lipinski definition) is 4. The SMILES string of the molecule is COc1cccc(C(C(=O)N(C)CCc2cc(C(F)(F)F)cc(C(F)(F)F)c2)N2C[C@@H](C)O[C@@H](C)C2)c1. The molecule has 1 aliphatic heterocycles. The van der Waals surface area contributed by atoms with Gasteiger partial charge in [0.15, 0.2) is 0 Å². The van der Waals surface area contributed by atoms with Crippen LogP contribution in [0, 0.1) is 0 Å². The van der Waals surface area contributed by atoms with Crippen LogP contribution in [0.5, 0.6) is 5.75 Å². The van der Waals surface area contributed by atoms with Crippen molar-refractivity contribution < 1.29 is 40.6 Å². The van der Waals surface area contributed by atoms with Crippen LogP contribution in [0.15, 0.2) is 42.5 Å². The maximum atomic E-state index is 13.7. The number of benzene rings is 2. The number of rotatable bonds is 7. The summed E-state index contributed by atoms with van der Waals surface area (Å²) in [6.45, 7) is 4.65. The Kier molecular flexibility index (Phi) is 8.79. The van der Waals surface area contributed by atoms with Gasteiger partial charge in [0.2, 0.25) is 5.91 Å². The monoisotopic (exact) mass is 532 g/mol. The third kappa shape index (κ3) is 7.38. The Morgan fingerprint density at radius 3 is 2.11 bits per heavy atom. The second-order valence-electron chi connectivity index (χ2n) is 9.31. The summed E-state index contributed by atoms with van der Waals surface area (Å²) in [5, 5.41) is 0. The fourth-order valence-electron chi connectivity index (χ4n) is 4.53. The van der Waals surface area contributed by atoms with Crippen LogP contribution in [0.2, 0.25) is 0 Å². The molecule has 2 aromatic carbocycles. The molecule has 37 heavy (non-hydrogen) atoms. The molecule has 1 amide bonds. The number of morpholine rings is 1. The number of halogens is 6. The van der Waals surface area contributed by atoms with E-state index >= 15 is 0 Å². The van der Waals surface area contributed by atoms with Gasteiger partial charge >= 0.3 is 12.4 Å². The lowest BCUT2D eigenvalue weighted by atomic mass is 10.0. The molecule has 1 heterocycles. The highest BCUT2D eigenvalue weighted by atomic mass is 19.4. The molecule has 2 aromatic rings. The molecule has 0 spiro atoms. The summed E-state index contributed by atoms with van der Waals surface area (Å²) in [5.74, 6) is 0.216. The molecular formula is C26H30F6N2O3. The molecule has 204 valence electrons. The number of alkyl halides is 6. The van der Waals surface area contributed by atoms with Gasteiger partial charge in [0, 0.05) is 26.7 Å². The van der Waals surface area contributed by atoms with Crippen molar-refractivity contribution in [2.75, 3.05) is 33.8 Å². The maximum Gasteiger partial charge on any atom is 0.416 e. The number of likely N-dealkylation sites (N-methyl/N-ethyl adjacent to an activating group) is 1. The summed E-state index contributed by atoms with van der Waals surface area (Å²) >= 11 is 0. The summed E-state index contributed by atoms with van der Waals surface area (Å²) < 4.78 is 90.5. The van der Waals surface area contributed by atoms with Crippen LogP contribution >= 0.6 is 0 Å². The molecule has 0 saturated carbocycles. The highest BCUT2D eigenvalue weighted by Gasteiger charge is 2.38. The second kappa shape index (κ2) is 11.3. The van der Waals surface area contributed by atoms with Crippen molar-refractivity contribution in [3.63, 3.8) is 0 Å². The molecule has 0 N–H and O–H groups in total. The molecule has 3 rings (SSSR count). The Bertz CT molecular complexity index is 1050. The van der Waals surface area contributed by atoms with Crippen molar-refractivity contribution in [3.05, 3.63) is 64.7 Å². The lowest BCUT2D eigenvalue weighted by molar-refractivity contribution is -0.144. The largest absolute Gasteiger partial charge is 0.497 e. The molecule has 0 radical (unpaired) electrons. The molecule has 11 heteroatoms. The smallest absolute Gasteiger partial charge is 0.416 e. The van der Waals surface area contributed by atoms with Crippen molar-refractivity contribution in [1.29, 1.82) is 0 Å². The van der Waals surface area contributed by atoms with E-state index in [4.69, 9.17) is 9.47 Å². The van der Waals surface area contributed by atoms with E-state index in [1.165, 1.54) is 19.1 Å². The van der Waals surface area contributed by atoms with Gasteiger partial charge in [0.05, 0.1) is 30.4 Å². The van der Waals surface area contributed by atoms with E-state index < -0.39 is 29.5 Å². The number of carbonyl (C=O) groups is 1. The van der Waals surface area contributed by atoms with Crippen LogP contribution in [0.25, 0.3) is 0 Å². The van der Waals surface area contributed by atoms with Gasteiger partial charge in [0.1, 0.15) is 11.8 Å². The Labute approximate surface area is 211 Å². The minimum absolute atomic E-state index is 0.0760. The van der Waals surface area contributed by atoms with E-state index in [-0.39, 0.29) is 42.7 Å². The van der Waals surface area contributed by atoms with E-state index in [1.807, 2.05) is 18.7 Å². The number of methoxy groups -OCH3 is 1. The molecule has 1 saturated heterocycles. The maximum absolute atomic E-state index is 13.7. The topological polar surface area (TPSA) is 42.0 Å².